The number of hydrogen-bond donors (Lipinski definition) is 1. The molecule has 0 unspecified atom stereocenters. The Labute approximate surface area is 107 Å². The number of hydrogen-bond acceptors (Lipinski definition) is 4. The van der Waals surface area contributed by atoms with Crippen LogP contribution in [-0.2, 0) is 13.2 Å². The van der Waals surface area contributed by atoms with E-state index in [9.17, 15) is 0 Å². The van der Waals surface area contributed by atoms with E-state index in [-0.39, 0.29) is 0 Å². The number of ether oxygens (including phenoxy) is 1. The zero-order valence-electron chi connectivity index (χ0n) is 11.0. The highest BCUT2D eigenvalue weighted by molar-refractivity contribution is 5.46. The summed E-state index contributed by atoms with van der Waals surface area (Å²) in [7, 11) is 0. The van der Waals surface area contributed by atoms with Crippen molar-refractivity contribution in [3.8, 4) is 5.75 Å². The first-order valence-corrected chi connectivity index (χ1v) is 5.99. The quantitative estimate of drug-likeness (QED) is 0.897. The fourth-order valence-corrected chi connectivity index (χ4v) is 1.83. The topological polar surface area (TPSA) is 66.0 Å². The zero-order chi connectivity index (χ0) is 13.1. The van der Waals surface area contributed by atoms with Crippen LogP contribution in [0.4, 0.5) is 5.82 Å². The summed E-state index contributed by atoms with van der Waals surface area (Å²) in [6.07, 6.45) is 0. The molecule has 0 bridgehead atoms. The molecule has 2 aromatic heterocycles. The largest absolute Gasteiger partial charge is 0.483 e. The molecule has 0 aliphatic heterocycles. The molecule has 5 heteroatoms. The molecule has 0 atom stereocenters. The first kappa shape index (κ1) is 12.4. The lowest BCUT2D eigenvalue weighted by Gasteiger charge is -2.09. The zero-order valence-corrected chi connectivity index (χ0v) is 11.0. The van der Waals surface area contributed by atoms with E-state index in [4.69, 9.17) is 10.5 Å². The van der Waals surface area contributed by atoms with Crippen LogP contribution in [0, 0.1) is 13.8 Å². The predicted molar refractivity (Wildman–Crippen MR) is 70.4 cm³/mol. The van der Waals surface area contributed by atoms with E-state index in [1.54, 1.807) is 0 Å². The van der Waals surface area contributed by atoms with Gasteiger partial charge in [0.05, 0.1) is 11.4 Å². The number of anilines is 1. The van der Waals surface area contributed by atoms with Crippen LogP contribution < -0.4 is 10.5 Å². The third kappa shape index (κ3) is 2.61. The average Bonchev–Trinajstić information content (AvgIpc) is 2.68. The molecule has 0 amide bonds. The molecular formula is C13H18N4O. The van der Waals surface area contributed by atoms with Crippen LogP contribution in [0.25, 0.3) is 0 Å². The standard InChI is InChI=1S/C13H18N4O/c1-4-17-11(7-10(3)16-17)8-18-12-6-5-9(2)15-13(12)14/h5-7H,4,8H2,1-3H3,(H2,14,15). The molecule has 96 valence electrons. The maximum absolute atomic E-state index is 5.80. The molecule has 0 aliphatic rings. The Bertz CT molecular complexity index is 548. The number of pyridine rings is 1. The van der Waals surface area contributed by atoms with Gasteiger partial charge in [-0.05, 0) is 39.0 Å². The number of nitrogen functional groups attached to an aromatic ring is 1. The SMILES string of the molecule is CCn1nc(C)cc1COc1ccc(C)nc1N. The van der Waals surface area contributed by atoms with Crippen LogP contribution in [0.3, 0.4) is 0 Å². The van der Waals surface area contributed by atoms with E-state index in [0.29, 0.717) is 18.2 Å². The van der Waals surface area contributed by atoms with Gasteiger partial charge in [0.1, 0.15) is 6.61 Å². The van der Waals surface area contributed by atoms with Crippen molar-refractivity contribution >= 4 is 5.82 Å². The first-order valence-electron chi connectivity index (χ1n) is 5.99. The summed E-state index contributed by atoms with van der Waals surface area (Å²) in [5.74, 6) is 1.04. The summed E-state index contributed by atoms with van der Waals surface area (Å²) in [5.41, 5.74) is 8.71. The molecule has 2 aromatic rings. The third-order valence-electron chi connectivity index (χ3n) is 2.69. The molecule has 0 saturated carbocycles. The van der Waals surface area contributed by atoms with Crippen molar-refractivity contribution in [3.63, 3.8) is 0 Å². The van der Waals surface area contributed by atoms with E-state index >= 15 is 0 Å². The van der Waals surface area contributed by atoms with Crippen LogP contribution in [0.2, 0.25) is 0 Å². The van der Waals surface area contributed by atoms with E-state index < -0.39 is 0 Å². The van der Waals surface area contributed by atoms with E-state index in [1.807, 2.05) is 36.7 Å². The lowest BCUT2D eigenvalue weighted by Crippen LogP contribution is -2.07. The summed E-state index contributed by atoms with van der Waals surface area (Å²) < 4.78 is 7.61. The Morgan fingerprint density at radius 3 is 2.72 bits per heavy atom. The van der Waals surface area contributed by atoms with Gasteiger partial charge in [-0.25, -0.2) is 4.98 Å². The highest BCUT2D eigenvalue weighted by Gasteiger charge is 2.07. The van der Waals surface area contributed by atoms with Gasteiger partial charge in [0, 0.05) is 12.2 Å². The fourth-order valence-electron chi connectivity index (χ4n) is 1.83. The summed E-state index contributed by atoms with van der Waals surface area (Å²) in [5, 5.41) is 4.37. The van der Waals surface area contributed by atoms with Crippen molar-refractivity contribution in [2.75, 3.05) is 5.73 Å². The van der Waals surface area contributed by atoms with Gasteiger partial charge in [0.15, 0.2) is 11.6 Å². The smallest absolute Gasteiger partial charge is 0.166 e. The molecule has 2 N–H and O–H groups in total. The molecule has 18 heavy (non-hydrogen) atoms. The Balaban J connectivity index is 2.11. The second kappa shape index (κ2) is 5.08. The van der Waals surface area contributed by atoms with Gasteiger partial charge < -0.3 is 10.5 Å². The molecule has 2 rings (SSSR count). The lowest BCUT2D eigenvalue weighted by molar-refractivity contribution is 0.293. The first-order chi connectivity index (χ1) is 8.60. The van der Waals surface area contributed by atoms with E-state index in [2.05, 4.69) is 17.0 Å². The second-order valence-corrected chi connectivity index (χ2v) is 4.22. The Kier molecular flexibility index (Phi) is 3.50. The summed E-state index contributed by atoms with van der Waals surface area (Å²) in [6.45, 7) is 7.20. The van der Waals surface area contributed by atoms with Crippen molar-refractivity contribution in [1.29, 1.82) is 0 Å². The van der Waals surface area contributed by atoms with Gasteiger partial charge in [-0.3, -0.25) is 4.68 Å². The van der Waals surface area contributed by atoms with Gasteiger partial charge in [0.25, 0.3) is 0 Å². The lowest BCUT2D eigenvalue weighted by atomic mass is 10.3. The molecular weight excluding hydrogens is 228 g/mol. The minimum atomic E-state index is 0.425. The van der Waals surface area contributed by atoms with Gasteiger partial charge >= 0.3 is 0 Å². The maximum atomic E-state index is 5.80. The molecule has 0 aliphatic carbocycles. The maximum Gasteiger partial charge on any atom is 0.166 e. The van der Waals surface area contributed by atoms with Gasteiger partial charge in [-0.15, -0.1) is 0 Å². The highest BCUT2D eigenvalue weighted by atomic mass is 16.5. The Hall–Kier alpha value is -2.04. The van der Waals surface area contributed by atoms with Crippen molar-refractivity contribution in [2.45, 2.75) is 33.9 Å². The Morgan fingerprint density at radius 1 is 1.28 bits per heavy atom. The van der Waals surface area contributed by atoms with Crippen molar-refractivity contribution in [1.82, 2.24) is 14.8 Å². The summed E-state index contributed by atoms with van der Waals surface area (Å²) >= 11 is 0. The Morgan fingerprint density at radius 2 is 2.06 bits per heavy atom. The van der Waals surface area contributed by atoms with Gasteiger partial charge in [-0.1, -0.05) is 0 Å². The van der Waals surface area contributed by atoms with Crippen molar-refractivity contribution in [2.24, 2.45) is 0 Å². The number of nitrogens with zero attached hydrogens (tertiary/aromatic N) is 3. The minimum absolute atomic E-state index is 0.425. The second-order valence-electron chi connectivity index (χ2n) is 4.22. The number of rotatable bonds is 4. The van der Waals surface area contributed by atoms with Crippen LogP contribution in [0.5, 0.6) is 5.75 Å². The third-order valence-corrected chi connectivity index (χ3v) is 2.69. The van der Waals surface area contributed by atoms with Crippen LogP contribution >= 0.6 is 0 Å². The predicted octanol–water partition coefficient (Wildman–Crippen LogP) is 2.08. The molecule has 2 heterocycles. The molecule has 0 spiro atoms. The number of aryl methyl sites for hydroxylation is 3. The number of nitrogens with two attached hydrogens (primary N) is 1. The van der Waals surface area contributed by atoms with Gasteiger partial charge in [0.2, 0.25) is 0 Å². The van der Waals surface area contributed by atoms with Crippen LogP contribution in [-0.4, -0.2) is 14.8 Å². The van der Waals surface area contributed by atoms with Crippen molar-refractivity contribution < 1.29 is 4.74 Å². The van der Waals surface area contributed by atoms with Crippen LogP contribution in [0.15, 0.2) is 18.2 Å². The minimum Gasteiger partial charge on any atom is -0.483 e. The fraction of sp³-hybridized carbons (Fsp3) is 0.385. The monoisotopic (exact) mass is 246 g/mol. The average molecular weight is 246 g/mol. The summed E-state index contributed by atoms with van der Waals surface area (Å²) in [6, 6.07) is 5.74. The van der Waals surface area contributed by atoms with Crippen LogP contribution in [0.1, 0.15) is 24.0 Å². The molecule has 0 saturated heterocycles. The van der Waals surface area contributed by atoms with Gasteiger partial charge in [-0.2, -0.15) is 5.10 Å². The highest BCUT2D eigenvalue weighted by Crippen LogP contribution is 2.20. The van der Waals surface area contributed by atoms with Crippen molar-refractivity contribution in [3.05, 3.63) is 35.3 Å². The summed E-state index contributed by atoms with van der Waals surface area (Å²) in [4.78, 5) is 4.16. The molecule has 0 radical (unpaired) electrons. The van der Waals surface area contributed by atoms with E-state index in [0.717, 1.165) is 23.6 Å². The normalized spacial score (nSPS) is 10.6. The van der Waals surface area contributed by atoms with E-state index in [1.165, 1.54) is 0 Å². The molecule has 0 aromatic carbocycles. The molecule has 5 nitrogen and oxygen atoms in total. The molecule has 0 fully saturated rings. The number of aromatic nitrogens is 3.